The van der Waals surface area contributed by atoms with Crippen LogP contribution >= 0.6 is 0 Å². The quantitative estimate of drug-likeness (QED) is 0.278. The Hall–Kier alpha value is -3.21. The number of rotatable bonds is 8. The number of nitrogens with zero attached hydrogens (tertiary/aromatic N) is 3. The molecule has 0 aliphatic carbocycles. The topological polar surface area (TPSA) is 117 Å². The second-order valence-electron chi connectivity index (χ2n) is 7.67. The van der Waals surface area contributed by atoms with Gasteiger partial charge in [-0.3, -0.25) is 4.72 Å². The number of hydrogen-bond acceptors (Lipinski definition) is 7. The van der Waals surface area contributed by atoms with Gasteiger partial charge < -0.3 is 9.29 Å². The zero-order valence-corrected chi connectivity index (χ0v) is 20.6. The van der Waals surface area contributed by atoms with Gasteiger partial charge in [0, 0.05) is 34.3 Å². The van der Waals surface area contributed by atoms with Crippen LogP contribution in [0, 0.1) is 6.92 Å². The third-order valence-electron chi connectivity index (χ3n) is 5.08. The molecule has 10 heteroatoms. The van der Waals surface area contributed by atoms with Crippen LogP contribution in [0.25, 0.3) is 22.0 Å². The van der Waals surface area contributed by atoms with Crippen LogP contribution in [-0.4, -0.2) is 39.9 Å². The number of aromatic nitrogens is 3. The lowest BCUT2D eigenvalue weighted by molar-refractivity contribution is 0.466. The fourth-order valence-corrected chi connectivity index (χ4v) is 5.13. The Balaban J connectivity index is 1.79. The van der Waals surface area contributed by atoms with E-state index in [1.165, 1.54) is 6.26 Å². The lowest BCUT2D eigenvalue weighted by Crippen LogP contribution is -2.16. The third kappa shape index (κ3) is 5.14. The number of benzene rings is 2. The van der Waals surface area contributed by atoms with E-state index < -0.39 is 21.2 Å². The maximum Gasteiger partial charge on any atom is 0.342 e. The molecule has 176 valence electrons. The molecule has 4 aromatic rings. The van der Waals surface area contributed by atoms with Crippen molar-refractivity contribution in [2.24, 2.45) is 0 Å². The molecule has 0 aliphatic rings. The normalized spacial score (nSPS) is 12.5. The average Bonchev–Trinajstić information content (AvgIpc) is 2.81. The summed E-state index contributed by atoms with van der Waals surface area (Å²) in [6.45, 7) is 3.73. The maximum atomic E-state index is 12.4. The van der Waals surface area contributed by atoms with Crippen molar-refractivity contribution in [1.29, 1.82) is 0 Å². The SMILES string of the molecule is CCCS(=O)(=O)Nc1cccc2c(Oc3ncccc3-c3ccnc([S+](C)[O-])n3)c(C)ccc12. The molecule has 0 bridgehead atoms. The first-order chi connectivity index (χ1) is 16.3. The van der Waals surface area contributed by atoms with Gasteiger partial charge in [0.2, 0.25) is 15.9 Å². The molecule has 0 saturated carbocycles. The molecule has 2 aromatic heterocycles. The number of anilines is 1. The molecule has 1 atom stereocenters. The van der Waals surface area contributed by atoms with E-state index in [0.717, 1.165) is 10.9 Å². The Kier molecular flexibility index (Phi) is 7.01. The van der Waals surface area contributed by atoms with Crippen LogP contribution in [-0.2, 0) is 21.2 Å². The first-order valence-electron chi connectivity index (χ1n) is 10.6. The summed E-state index contributed by atoms with van der Waals surface area (Å²) in [7, 11) is -3.45. The number of hydrogen-bond donors (Lipinski definition) is 1. The number of sulfonamides is 1. The van der Waals surface area contributed by atoms with Gasteiger partial charge in [0.25, 0.3) is 0 Å². The molecule has 2 aromatic carbocycles. The number of pyridine rings is 1. The second-order valence-corrected chi connectivity index (χ2v) is 10.8. The average molecular weight is 497 g/mol. The highest BCUT2D eigenvalue weighted by molar-refractivity contribution is 7.92. The predicted octanol–water partition coefficient (Wildman–Crippen LogP) is 4.68. The summed E-state index contributed by atoms with van der Waals surface area (Å²) in [5.74, 6) is 0.920. The Labute approximate surface area is 201 Å². The Morgan fingerprint density at radius 1 is 1.03 bits per heavy atom. The zero-order chi connectivity index (χ0) is 24.3. The molecule has 0 amide bonds. The van der Waals surface area contributed by atoms with Crippen molar-refractivity contribution < 1.29 is 17.7 Å². The van der Waals surface area contributed by atoms with Crippen LogP contribution in [0.2, 0.25) is 0 Å². The molecule has 0 aliphatic heterocycles. The van der Waals surface area contributed by atoms with Crippen molar-refractivity contribution in [2.75, 3.05) is 16.7 Å². The van der Waals surface area contributed by atoms with Gasteiger partial charge in [-0.05, 0) is 43.2 Å². The summed E-state index contributed by atoms with van der Waals surface area (Å²) in [6, 6.07) is 14.4. The maximum absolute atomic E-state index is 12.4. The molecule has 2 heterocycles. The fraction of sp³-hybridized carbons (Fsp3) is 0.208. The molecular formula is C24H24N4O4S2. The lowest BCUT2D eigenvalue weighted by Gasteiger charge is -2.16. The number of nitrogens with one attached hydrogen (secondary N) is 1. The zero-order valence-electron chi connectivity index (χ0n) is 19.0. The van der Waals surface area contributed by atoms with Crippen LogP contribution in [0.15, 0.2) is 66.1 Å². The molecule has 0 radical (unpaired) electrons. The summed E-state index contributed by atoms with van der Waals surface area (Å²) in [6.07, 6.45) is 5.20. The van der Waals surface area contributed by atoms with Crippen molar-refractivity contribution >= 4 is 37.7 Å². The molecule has 0 fully saturated rings. The predicted molar refractivity (Wildman–Crippen MR) is 134 cm³/mol. The number of fused-ring (bicyclic) bond motifs is 1. The minimum absolute atomic E-state index is 0.0410. The van der Waals surface area contributed by atoms with Crippen molar-refractivity contribution in [3.8, 4) is 22.9 Å². The molecule has 0 saturated heterocycles. The second kappa shape index (κ2) is 9.96. The van der Waals surface area contributed by atoms with Crippen LogP contribution in [0.1, 0.15) is 18.9 Å². The first kappa shape index (κ1) is 23.9. The van der Waals surface area contributed by atoms with Crippen LogP contribution in [0.3, 0.4) is 0 Å². The summed E-state index contributed by atoms with van der Waals surface area (Å²) in [4.78, 5) is 12.9. The van der Waals surface area contributed by atoms with E-state index >= 15 is 0 Å². The minimum Gasteiger partial charge on any atom is -0.609 e. The van der Waals surface area contributed by atoms with Gasteiger partial charge in [0.15, 0.2) is 0 Å². The van der Waals surface area contributed by atoms with Gasteiger partial charge in [-0.2, -0.15) is 9.97 Å². The smallest absolute Gasteiger partial charge is 0.342 e. The largest absolute Gasteiger partial charge is 0.609 e. The van der Waals surface area contributed by atoms with Crippen LogP contribution < -0.4 is 9.46 Å². The van der Waals surface area contributed by atoms with Crippen molar-refractivity contribution in [2.45, 2.75) is 25.4 Å². The molecule has 1 N–H and O–H groups in total. The van der Waals surface area contributed by atoms with Gasteiger partial charge in [-0.1, -0.05) is 31.2 Å². The van der Waals surface area contributed by atoms with Gasteiger partial charge in [-0.25, -0.2) is 13.4 Å². The Morgan fingerprint density at radius 2 is 1.85 bits per heavy atom. The summed E-state index contributed by atoms with van der Waals surface area (Å²) >= 11 is -1.33. The number of ether oxygens (including phenoxy) is 1. The highest BCUT2D eigenvalue weighted by atomic mass is 32.2. The third-order valence-corrected chi connectivity index (χ3v) is 7.27. The van der Waals surface area contributed by atoms with E-state index in [2.05, 4.69) is 19.7 Å². The summed E-state index contributed by atoms with van der Waals surface area (Å²) in [5, 5.41) is 1.68. The highest BCUT2D eigenvalue weighted by Crippen LogP contribution is 2.38. The Morgan fingerprint density at radius 3 is 2.62 bits per heavy atom. The summed E-state index contributed by atoms with van der Waals surface area (Å²) in [5.41, 5.74) is 2.50. The molecule has 8 nitrogen and oxygen atoms in total. The van der Waals surface area contributed by atoms with Gasteiger partial charge in [0.05, 0.1) is 22.7 Å². The van der Waals surface area contributed by atoms with E-state index in [1.807, 2.05) is 38.1 Å². The molecule has 1 unspecified atom stereocenters. The van der Waals surface area contributed by atoms with Crippen molar-refractivity contribution in [3.63, 3.8) is 0 Å². The van der Waals surface area contributed by atoms with Crippen LogP contribution in [0.4, 0.5) is 5.69 Å². The van der Waals surface area contributed by atoms with E-state index in [0.29, 0.717) is 40.4 Å². The van der Waals surface area contributed by atoms with Gasteiger partial charge in [-0.15, -0.1) is 0 Å². The standard InChI is InChI=1S/C24H24N4O4S2/c1-4-15-34(30,31)28-21-9-5-7-18-17(21)11-10-16(2)22(18)32-23-19(8-6-13-25-23)20-12-14-26-24(27-20)33(3)29/h5-14,28H,4,15H2,1-3H3. The Bertz CT molecular complexity index is 1440. The van der Waals surface area contributed by atoms with E-state index in [-0.39, 0.29) is 10.9 Å². The van der Waals surface area contributed by atoms with Crippen molar-refractivity contribution in [1.82, 2.24) is 15.0 Å². The van der Waals surface area contributed by atoms with Gasteiger partial charge >= 0.3 is 5.16 Å². The highest BCUT2D eigenvalue weighted by Gasteiger charge is 2.18. The van der Waals surface area contributed by atoms with Gasteiger partial charge in [0.1, 0.15) is 12.0 Å². The minimum atomic E-state index is -3.45. The first-order valence-corrected chi connectivity index (χ1v) is 13.8. The molecule has 4 rings (SSSR count). The van der Waals surface area contributed by atoms with Crippen molar-refractivity contribution in [3.05, 3.63) is 66.5 Å². The fourth-order valence-electron chi connectivity index (χ4n) is 3.54. The molecular weight excluding hydrogens is 472 g/mol. The number of aryl methyl sites for hydroxylation is 1. The van der Waals surface area contributed by atoms with E-state index in [1.54, 1.807) is 36.7 Å². The molecule has 0 spiro atoms. The monoisotopic (exact) mass is 496 g/mol. The van der Waals surface area contributed by atoms with E-state index in [9.17, 15) is 13.0 Å². The molecule has 34 heavy (non-hydrogen) atoms. The van der Waals surface area contributed by atoms with Crippen LogP contribution in [0.5, 0.6) is 11.6 Å². The van der Waals surface area contributed by atoms with E-state index in [4.69, 9.17) is 4.74 Å². The summed E-state index contributed by atoms with van der Waals surface area (Å²) < 4.78 is 45.6. The lowest BCUT2D eigenvalue weighted by atomic mass is 10.0.